The molecule has 0 bridgehead atoms. The molecule has 1 amide bonds. The fourth-order valence-corrected chi connectivity index (χ4v) is 4.60. The highest BCUT2D eigenvalue weighted by molar-refractivity contribution is 7.92. The van der Waals surface area contributed by atoms with Crippen molar-refractivity contribution in [2.24, 2.45) is 0 Å². The summed E-state index contributed by atoms with van der Waals surface area (Å²) >= 11 is 0. The molecular weight excluding hydrogens is 412 g/mol. The second kappa shape index (κ2) is 9.22. The summed E-state index contributed by atoms with van der Waals surface area (Å²) < 4.78 is 33.2. The van der Waals surface area contributed by atoms with E-state index in [1.54, 1.807) is 48.5 Å². The number of aryl methyl sites for hydroxylation is 3. The monoisotopic (exact) mass is 438 g/mol. The zero-order chi connectivity index (χ0) is 22.6. The summed E-state index contributed by atoms with van der Waals surface area (Å²) in [5, 5.41) is 2.82. The van der Waals surface area contributed by atoms with Crippen LogP contribution in [0.3, 0.4) is 0 Å². The van der Waals surface area contributed by atoms with E-state index in [2.05, 4.69) is 5.32 Å². The van der Waals surface area contributed by atoms with Gasteiger partial charge in [-0.25, -0.2) is 8.42 Å². The van der Waals surface area contributed by atoms with Gasteiger partial charge in [-0.1, -0.05) is 41.5 Å². The van der Waals surface area contributed by atoms with Gasteiger partial charge in [0.2, 0.25) is 5.91 Å². The van der Waals surface area contributed by atoms with Crippen molar-refractivity contribution >= 4 is 27.3 Å². The number of rotatable bonds is 7. The lowest BCUT2D eigenvalue weighted by Crippen LogP contribution is -2.38. The third-order valence-corrected chi connectivity index (χ3v) is 6.68. The van der Waals surface area contributed by atoms with Gasteiger partial charge in [-0.15, -0.1) is 0 Å². The van der Waals surface area contributed by atoms with Crippen LogP contribution in [0.5, 0.6) is 5.75 Å². The minimum Gasteiger partial charge on any atom is -0.497 e. The molecule has 3 rings (SSSR count). The molecule has 0 aliphatic rings. The van der Waals surface area contributed by atoms with E-state index in [-0.39, 0.29) is 11.4 Å². The van der Waals surface area contributed by atoms with E-state index >= 15 is 0 Å². The lowest BCUT2D eigenvalue weighted by molar-refractivity contribution is -0.114. The van der Waals surface area contributed by atoms with Crippen LogP contribution in [0.25, 0.3) is 0 Å². The topological polar surface area (TPSA) is 75.7 Å². The lowest BCUT2D eigenvalue weighted by atomic mass is 10.1. The Balaban J connectivity index is 1.97. The van der Waals surface area contributed by atoms with Crippen molar-refractivity contribution < 1.29 is 17.9 Å². The largest absolute Gasteiger partial charge is 0.497 e. The molecule has 0 aromatic heterocycles. The lowest BCUT2D eigenvalue weighted by Gasteiger charge is -2.24. The number of nitrogens with zero attached hydrogens (tertiary/aromatic N) is 1. The normalized spacial score (nSPS) is 11.1. The molecule has 0 atom stereocenters. The predicted molar refractivity (Wildman–Crippen MR) is 123 cm³/mol. The molecule has 3 aromatic rings. The average Bonchev–Trinajstić information content (AvgIpc) is 2.74. The third kappa shape index (κ3) is 5.24. The molecule has 0 aliphatic carbocycles. The number of hydrogen-bond acceptors (Lipinski definition) is 4. The maximum Gasteiger partial charge on any atom is 0.264 e. The molecule has 7 heteroatoms. The van der Waals surface area contributed by atoms with Crippen LogP contribution < -0.4 is 14.4 Å². The minimum absolute atomic E-state index is 0.111. The molecule has 0 unspecified atom stereocenters. The van der Waals surface area contributed by atoms with Gasteiger partial charge in [-0.3, -0.25) is 9.10 Å². The first-order valence-corrected chi connectivity index (χ1v) is 11.3. The molecule has 6 nitrogen and oxygen atoms in total. The molecule has 1 N–H and O–H groups in total. The van der Waals surface area contributed by atoms with Gasteiger partial charge in [0.15, 0.2) is 0 Å². The molecule has 0 aliphatic heterocycles. The van der Waals surface area contributed by atoms with E-state index < -0.39 is 15.9 Å². The molecule has 0 heterocycles. The SMILES string of the molecule is COc1cccc(N(CC(=O)Nc2ccc(C)cc2C)S(=O)(=O)c2ccc(C)cc2)c1. The molecule has 31 heavy (non-hydrogen) atoms. The predicted octanol–water partition coefficient (Wildman–Crippen LogP) is 4.45. The number of amides is 1. The Morgan fingerprint density at radius 2 is 1.61 bits per heavy atom. The van der Waals surface area contributed by atoms with E-state index in [4.69, 9.17) is 4.74 Å². The fourth-order valence-electron chi connectivity index (χ4n) is 3.19. The first-order chi connectivity index (χ1) is 14.7. The second-order valence-electron chi connectivity index (χ2n) is 7.39. The first-order valence-electron chi connectivity index (χ1n) is 9.81. The molecule has 162 valence electrons. The summed E-state index contributed by atoms with van der Waals surface area (Å²) in [5.41, 5.74) is 3.92. The Kier molecular flexibility index (Phi) is 6.65. The van der Waals surface area contributed by atoms with Crippen LogP contribution in [0.2, 0.25) is 0 Å². The van der Waals surface area contributed by atoms with Crippen molar-refractivity contribution in [2.75, 3.05) is 23.3 Å². The van der Waals surface area contributed by atoms with Crippen LogP contribution in [0.1, 0.15) is 16.7 Å². The maximum atomic E-state index is 13.4. The van der Waals surface area contributed by atoms with Gasteiger partial charge in [0.05, 0.1) is 17.7 Å². The highest BCUT2D eigenvalue weighted by Crippen LogP contribution is 2.27. The summed E-state index contributed by atoms with van der Waals surface area (Å²) in [6.45, 7) is 5.37. The molecule has 0 saturated carbocycles. The standard InChI is InChI=1S/C24H26N2O4S/c1-17-8-11-22(12-9-17)31(28,29)26(20-6-5-7-21(15-20)30-4)16-24(27)25-23-13-10-18(2)14-19(23)3/h5-15H,16H2,1-4H3,(H,25,27). The Bertz CT molecular complexity index is 1190. The molecule has 0 spiro atoms. The molecule has 0 radical (unpaired) electrons. The van der Waals surface area contributed by atoms with Gasteiger partial charge in [0.25, 0.3) is 10.0 Å². The van der Waals surface area contributed by atoms with Crippen LogP contribution in [0.4, 0.5) is 11.4 Å². The van der Waals surface area contributed by atoms with Crippen molar-refractivity contribution in [1.29, 1.82) is 0 Å². The minimum atomic E-state index is -3.98. The number of carbonyl (C=O) groups is 1. The number of ether oxygens (including phenoxy) is 1. The smallest absolute Gasteiger partial charge is 0.264 e. The summed E-state index contributed by atoms with van der Waals surface area (Å²) in [4.78, 5) is 13.0. The number of nitrogens with one attached hydrogen (secondary N) is 1. The second-order valence-corrected chi connectivity index (χ2v) is 9.26. The van der Waals surface area contributed by atoms with Crippen molar-refractivity contribution in [3.8, 4) is 5.75 Å². The van der Waals surface area contributed by atoms with Crippen LogP contribution in [0, 0.1) is 20.8 Å². The van der Waals surface area contributed by atoms with E-state index in [9.17, 15) is 13.2 Å². The van der Waals surface area contributed by atoms with E-state index in [0.717, 1.165) is 21.0 Å². The number of sulfonamides is 1. The number of carbonyl (C=O) groups excluding carboxylic acids is 1. The van der Waals surface area contributed by atoms with Crippen molar-refractivity contribution in [2.45, 2.75) is 25.7 Å². The van der Waals surface area contributed by atoms with Gasteiger partial charge in [0, 0.05) is 11.8 Å². The number of hydrogen-bond donors (Lipinski definition) is 1. The van der Waals surface area contributed by atoms with Crippen molar-refractivity contribution in [3.63, 3.8) is 0 Å². The van der Waals surface area contributed by atoms with Crippen molar-refractivity contribution in [1.82, 2.24) is 0 Å². The van der Waals surface area contributed by atoms with Gasteiger partial charge >= 0.3 is 0 Å². The Hall–Kier alpha value is -3.32. The average molecular weight is 439 g/mol. The third-order valence-electron chi connectivity index (χ3n) is 4.89. The van der Waals surface area contributed by atoms with E-state index in [1.807, 2.05) is 39.0 Å². The van der Waals surface area contributed by atoms with E-state index in [0.29, 0.717) is 17.1 Å². The van der Waals surface area contributed by atoms with E-state index in [1.165, 1.54) is 7.11 Å². The summed E-state index contributed by atoms with van der Waals surface area (Å²) in [6, 6.07) is 18.8. The zero-order valence-corrected chi connectivity index (χ0v) is 18.9. The van der Waals surface area contributed by atoms with Crippen molar-refractivity contribution in [3.05, 3.63) is 83.4 Å². The fraction of sp³-hybridized carbons (Fsp3) is 0.208. The summed E-state index contributed by atoms with van der Waals surface area (Å²) in [7, 11) is -2.48. The maximum absolute atomic E-state index is 13.4. The zero-order valence-electron chi connectivity index (χ0n) is 18.0. The van der Waals surface area contributed by atoms with Gasteiger partial charge < -0.3 is 10.1 Å². The summed E-state index contributed by atoms with van der Waals surface area (Å²) in [6.07, 6.45) is 0. The van der Waals surface area contributed by atoms with Gasteiger partial charge in [-0.2, -0.15) is 0 Å². The summed E-state index contributed by atoms with van der Waals surface area (Å²) in [5.74, 6) is 0.0573. The number of anilines is 2. The van der Waals surface area contributed by atoms with Gasteiger partial charge in [-0.05, 0) is 56.7 Å². The molecule has 0 fully saturated rings. The highest BCUT2D eigenvalue weighted by atomic mass is 32.2. The molecule has 3 aromatic carbocycles. The van der Waals surface area contributed by atoms with Crippen LogP contribution in [-0.4, -0.2) is 28.0 Å². The number of methoxy groups -OCH3 is 1. The Morgan fingerprint density at radius 3 is 2.26 bits per heavy atom. The Morgan fingerprint density at radius 1 is 0.935 bits per heavy atom. The van der Waals surface area contributed by atoms with Crippen LogP contribution in [0.15, 0.2) is 71.6 Å². The van der Waals surface area contributed by atoms with Crippen LogP contribution >= 0.6 is 0 Å². The quantitative estimate of drug-likeness (QED) is 0.591. The van der Waals surface area contributed by atoms with Gasteiger partial charge in [0.1, 0.15) is 12.3 Å². The molecular formula is C24H26N2O4S. The Labute approximate surface area is 183 Å². The molecule has 0 saturated heterocycles. The van der Waals surface area contributed by atoms with Crippen LogP contribution in [-0.2, 0) is 14.8 Å². The number of benzene rings is 3. The highest BCUT2D eigenvalue weighted by Gasteiger charge is 2.27. The first kappa shape index (κ1) is 22.4.